The maximum absolute atomic E-state index is 12.5. The summed E-state index contributed by atoms with van der Waals surface area (Å²) in [6.45, 7) is 2.11. The Bertz CT molecular complexity index is 788. The van der Waals surface area contributed by atoms with E-state index in [0.717, 1.165) is 19.3 Å². The van der Waals surface area contributed by atoms with Crippen LogP contribution in [-0.2, 0) is 0 Å². The molecule has 2 aromatic rings. The van der Waals surface area contributed by atoms with Gasteiger partial charge in [-0.25, -0.2) is 0 Å². The highest BCUT2D eigenvalue weighted by Gasteiger charge is 2.30. The molecule has 1 aromatic heterocycles. The molecule has 0 bridgehead atoms. The maximum Gasteiger partial charge on any atom is 0.314 e. The van der Waals surface area contributed by atoms with E-state index in [2.05, 4.69) is 16.9 Å². The lowest BCUT2D eigenvalue weighted by Gasteiger charge is -2.14. The number of carbonyl (C=O) groups is 1. The Balaban J connectivity index is 2.04. The normalized spacial score (nSPS) is 22.2. The Morgan fingerprint density at radius 3 is 2.45 bits per heavy atom. The van der Waals surface area contributed by atoms with Crippen LogP contribution in [0.15, 0.2) is 27.8 Å². The van der Waals surface area contributed by atoms with Gasteiger partial charge in [0.05, 0.1) is 11.0 Å². The molecule has 1 aliphatic carbocycles. The average molecular weight is 272 g/mol. The Labute approximate surface area is 115 Å². The summed E-state index contributed by atoms with van der Waals surface area (Å²) in [6, 6.07) is 5.03. The molecule has 2 N–H and O–H groups in total. The fraction of sp³-hybridized carbons (Fsp3) is 0.400. The number of carbonyl (C=O) groups excluding carboxylic acids is 1. The number of nitrogens with one attached hydrogen (secondary N) is 2. The molecule has 0 saturated heterocycles. The monoisotopic (exact) mass is 272 g/mol. The van der Waals surface area contributed by atoms with Crippen molar-refractivity contribution in [3.63, 3.8) is 0 Å². The number of aromatic nitrogens is 2. The first kappa shape index (κ1) is 12.8. The summed E-state index contributed by atoms with van der Waals surface area (Å²) in [5.74, 6) is 0.610. The minimum Gasteiger partial charge on any atom is -0.316 e. The average Bonchev–Trinajstić information content (AvgIpc) is 2.85. The SMILES string of the molecule is CC1CCCC1C(=O)c1ccc2[nH]c(=O)c(=O)[nH]c2c1. The van der Waals surface area contributed by atoms with E-state index in [9.17, 15) is 14.4 Å². The zero-order chi connectivity index (χ0) is 14.3. The molecular formula is C15H16N2O3. The van der Waals surface area contributed by atoms with Crippen LogP contribution in [0.5, 0.6) is 0 Å². The van der Waals surface area contributed by atoms with Crippen LogP contribution in [-0.4, -0.2) is 15.8 Å². The van der Waals surface area contributed by atoms with Crippen LogP contribution < -0.4 is 11.1 Å². The van der Waals surface area contributed by atoms with Gasteiger partial charge >= 0.3 is 11.1 Å². The lowest BCUT2D eigenvalue weighted by atomic mass is 9.89. The standard InChI is InChI=1S/C15H16N2O3/c1-8-3-2-4-10(8)13(18)9-5-6-11-12(7-9)17-15(20)14(19)16-11/h5-8,10H,2-4H2,1H3,(H,16,19)(H,17,20). The molecule has 0 radical (unpaired) electrons. The van der Waals surface area contributed by atoms with Crippen molar-refractivity contribution in [3.05, 3.63) is 44.5 Å². The molecule has 1 aromatic carbocycles. The Morgan fingerprint density at radius 1 is 1.10 bits per heavy atom. The second kappa shape index (κ2) is 4.74. The lowest BCUT2D eigenvalue weighted by molar-refractivity contribution is 0.0897. The van der Waals surface area contributed by atoms with Crippen LogP contribution in [0.3, 0.4) is 0 Å². The highest BCUT2D eigenvalue weighted by molar-refractivity contribution is 6.00. The number of hydrogen-bond donors (Lipinski definition) is 2. The highest BCUT2D eigenvalue weighted by Crippen LogP contribution is 2.33. The summed E-state index contributed by atoms with van der Waals surface area (Å²) in [5.41, 5.74) is 0.244. The van der Waals surface area contributed by atoms with Gasteiger partial charge in [-0.3, -0.25) is 14.4 Å². The molecule has 0 spiro atoms. The third kappa shape index (κ3) is 2.09. The zero-order valence-electron chi connectivity index (χ0n) is 11.2. The molecule has 1 heterocycles. The quantitative estimate of drug-likeness (QED) is 0.646. The molecule has 2 atom stereocenters. The van der Waals surface area contributed by atoms with Crippen molar-refractivity contribution in [3.8, 4) is 0 Å². The van der Waals surface area contributed by atoms with E-state index in [1.807, 2.05) is 0 Å². The fourth-order valence-corrected chi connectivity index (χ4v) is 3.02. The number of ketones is 1. The predicted octanol–water partition coefficient (Wildman–Crippen LogP) is 1.84. The van der Waals surface area contributed by atoms with Crippen LogP contribution in [0.1, 0.15) is 36.5 Å². The lowest BCUT2D eigenvalue weighted by Crippen LogP contribution is -2.29. The van der Waals surface area contributed by atoms with Crippen molar-refractivity contribution in [1.29, 1.82) is 0 Å². The van der Waals surface area contributed by atoms with Crippen molar-refractivity contribution in [2.75, 3.05) is 0 Å². The Morgan fingerprint density at radius 2 is 1.80 bits per heavy atom. The number of hydrogen-bond acceptors (Lipinski definition) is 3. The molecule has 3 rings (SSSR count). The topological polar surface area (TPSA) is 82.8 Å². The molecule has 1 fully saturated rings. The molecule has 0 aliphatic heterocycles. The van der Waals surface area contributed by atoms with Crippen LogP contribution >= 0.6 is 0 Å². The van der Waals surface area contributed by atoms with Gasteiger partial charge in [-0.15, -0.1) is 0 Å². The largest absolute Gasteiger partial charge is 0.316 e. The van der Waals surface area contributed by atoms with E-state index >= 15 is 0 Å². The Kier molecular flexibility index (Phi) is 3.04. The van der Waals surface area contributed by atoms with Crippen molar-refractivity contribution in [2.45, 2.75) is 26.2 Å². The van der Waals surface area contributed by atoms with Crippen LogP contribution in [0, 0.1) is 11.8 Å². The van der Waals surface area contributed by atoms with Gasteiger partial charge in [0.2, 0.25) is 0 Å². The third-order valence-corrected chi connectivity index (χ3v) is 4.20. The third-order valence-electron chi connectivity index (χ3n) is 4.20. The van der Waals surface area contributed by atoms with E-state index in [1.165, 1.54) is 0 Å². The van der Waals surface area contributed by atoms with Gasteiger partial charge in [0.25, 0.3) is 0 Å². The van der Waals surface area contributed by atoms with Gasteiger partial charge < -0.3 is 9.97 Å². The molecule has 20 heavy (non-hydrogen) atoms. The van der Waals surface area contributed by atoms with Gasteiger partial charge in [0.15, 0.2) is 5.78 Å². The van der Waals surface area contributed by atoms with E-state index in [1.54, 1.807) is 18.2 Å². The number of H-pyrrole nitrogens is 2. The summed E-state index contributed by atoms with van der Waals surface area (Å²) in [6.07, 6.45) is 3.11. The van der Waals surface area contributed by atoms with E-state index in [4.69, 9.17) is 0 Å². The number of benzene rings is 1. The number of aromatic amines is 2. The molecule has 2 unspecified atom stereocenters. The predicted molar refractivity (Wildman–Crippen MR) is 76.0 cm³/mol. The van der Waals surface area contributed by atoms with Gasteiger partial charge in [0, 0.05) is 11.5 Å². The van der Waals surface area contributed by atoms with E-state index in [0.29, 0.717) is 22.5 Å². The van der Waals surface area contributed by atoms with Crippen molar-refractivity contribution in [2.24, 2.45) is 11.8 Å². The van der Waals surface area contributed by atoms with Gasteiger partial charge in [-0.05, 0) is 37.0 Å². The molecule has 0 amide bonds. The van der Waals surface area contributed by atoms with Crippen molar-refractivity contribution < 1.29 is 4.79 Å². The van der Waals surface area contributed by atoms with Gasteiger partial charge in [0.1, 0.15) is 0 Å². The van der Waals surface area contributed by atoms with E-state index < -0.39 is 11.1 Å². The number of rotatable bonds is 2. The second-order valence-corrected chi connectivity index (χ2v) is 5.55. The van der Waals surface area contributed by atoms with E-state index in [-0.39, 0.29) is 11.7 Å². The molecule has 1 saturated carbocycles. The smallest absolute Gasteiger partial charge is 0.314 e. The fourth-order valence-electron chi connectivity index (χ4n) is 3.02. The number of fused-ring (bicyclic) bond motifs is 1. The second-order valence-electron chi connectivity index (χ2n) is 5.55. The minimum absolute atomic E-state index is 0.0712. The summed E-state index contributed by atoms with van der Waals surface area (Å²) in [7, 11) is 0. The first-order valence-corrected chi connectivity index (χ1v) is 6.87. The summed E-state index contributed by atoms with van der Waals surface area (Å²) < 4.78 is 0. The summed E-state index contributed by atoms with van der Waals surface area (Å²) in [4.78, 5) is 40.1. The summed E-state index contributed by atoms with van der Waals surface area (Å²) in [5, 5.41) is 0. The van der Waals surface area contributed by atoms with Crippen LogP contribution in [0.25, 0.3) is 11.0 Å². The molecular weight excluding hydrogens is 256 g/mol. The van der Waals surface area contributed by atoms with Gasteiger partial charge in [-0.2, -0.15) is 0 Å². The molecule has 5 nitrogen and oxygen atoms in total. The minimum atomic E-state index is -0.698. The van der Waals surface area contributed by atoms with Crippen molar-refractivity contribution in [1.82, 2.24) is 9.97 Å². The highest BCUT2D eigenvalue weighted by atomic mass is 16.2. The number of Topliss-reactive ketones (excluding diaryl/α,β-unsaturated/α-hetero) is 1. The molecule has 104 valence electrons. The maximum atomic E-state index is 12.5. The van der Waals surface area contributed by atoms with Crippen LogP contribution in [0.2, 0.25) is 0 Å². The van der Waals surface area contributed by atoms with Gasteiger partial charge in [-0.1, -0.05) is 13.3 Å². The van der Waals surface area contributed by atoms with Crippen molar-refractivity contribution >= 4 is 16.8 Å². The summed E-state index contributed by atoms with van der Waals surface area (Å²) >= 11 is 0. The zero-order valence-corrected chi connectivity index (χ0v) is 11.2. The molecule has 5 heteroatoms. The first-order chi connectivity index (χ1) is 9.56. The van der Waals surface area contributed by atoms with Crippen LogP contribution in [0.4, 0.5) is 0 Å². The molecule has 1 aliphatic rings. The first-order valence-electron chi connectivity index (χ1n) is 6.87. The Hall–Kier alpha value is -2.17.